The molecular weight excluding hydrogens is 422 g/mol. The second-order valence-corrected chi connectivity index (χ2v) is 7.81. The Bertz CT molecular complexity index is 587. The molecule has 0 fully saturated rings. The van der Waals surface area contributed by atoms with E-state index in [1.165, 1.54) is 38.5 Å². The van der Waals surface area contributed by atoms with Crippen LogP contribution in [0.5, 0.6) is 0 Å². The van der Waals surface area contributed by atoms with Crippen LogP contribution in [-0.4, -0.2) is 18.2 Å². The fraction of sp³-hybridized carbons (Fsp3) is 0.556. The van der Waals surface area contributed by atoms with Gasteiger partial charge in [-0.1, -0.05) is 67.8 Å². The third kappa shape index (κ3) is 4.66. The van der Waals surface area contributed by atoms with Gasteiger partial charge in [0.25, 0.3) is 11.7 Å². The fourth-order valence-electron chi connectivity index (χ4n) is 2.97. The molecule has 1 aromatic rings. The van der Waals surface area contributed by atoms with Crippen molar-refractivity contribution in [2.75, 3.05) is 11.4 Å². The first-order valence-electron chi connectivity index (χ1n) is 8.41. The fourth-order valence-corrected chi connectivity index (χ4v) is 4.41. The normalized spacial score (nSPS) is 13.8. The van der Waals surface area contributed by atoms with Gasteiger partial charge in [-0.05, 0) is 34.5 Å². The summed E-state index contributed by atoms with van der Waals surface area (Å²) in [6.45, 7) is 2.84. The summed E-state index contributed by atoms with van der Waals surface area (Å²) in [7, 11) is 0. The van der Waals surface area contributed by atoms with E-state index in [9.17, 15) is 9.59 Å². The average molecular weight is 445 g/mol. The van der Waals surface area contributed by atoms with Gasteiger partial charge >= 0.3 is 0 Å². The van der Waals surface area contributed by atoms with Gasteiger partial charge in [0.1, 0.15) is 0 Å². The maximum absolute atomic E-state index is 12.2. The quantitative estimate of drug-likeness (QED) is 0.352. The molecule has 0 spiro atoms. The lowest BCUT2D eigenvalue weighted by molar-refractivity contribution is -0.114. The highest BCUT2D eigenvalue weighted by molar-refractivity contribution is 9.11. The van der Waals surface area contributed by atoms with Crippen LogP contribution in [0.1, 0.15) is 68.6 Å². The van der Waals surface area contributed by atoms with Crippen LogP contribution in [0.25, 0.3) is 0 Å². The zero-order valence-corrected chi connectivity index (χ0v) is 16.7. The highest BCUT2D eigenvalue weighted by Gasteiger charge is 2.37. The number of anilines is 1. The lowest BCUT2D eigenvalue weighted by Gasteiger charge is -2.17. The van der Waals surface area contributed by atoms with E-state index in [0.717, 1.165) is 27.5 Å². The third-order valence-corrected chi connectivity index (χ3v) is 5.28. The summed E-state index contributed by atoms with van der Waals surface area (Å²) in [5, 5.41) is 0. The van der Waals surface area contributed by atoms with E-state index in [-0.39, 0.29) is 0 Å². The molecule has 1 aliphatic heterocycles. The van der Waals surface area contributed by atoms with Crippen molar-refractivity contribution in [2.45, 2.75) is 58.3 Å². The number of fused-ring (bicyclic) bond motifs is 1. The lowest BCUT2D eigenvalue weighted by atomic mass is 10.1. The highest BCUT2D eigenvalue weighted by Crippen LogP contribution is 2.38. The molecule has 2 rings (SSSR count). The number of Topliss-reactive ketones (excluding diaryl/α,β-unsaturated/α-hetero) is 1. The molecule has 1 aliphatic rings. The smallest absolute Gasteiger partial charge is 0.299 e. The average Bonchev–Trinajstić information content (AvgIpc) is 2.75. The molecule has 0 saturated carbocycles. The van der Waals surface area contributed by atoms with Gasteiger partial charge in [-0.2, -0.15) is 0 Å². The predicted octanol–water partition coefficient (Wildman–Crippen LogP) is 5.88. The molecule has 0 atom stereocenters. The summed E-state index contributed by atoms with van der Waals surface area (Å²) in [5.74, 6) is -0.802. The molecule has 1 heterocycles. The summed E-state index contributed by atoms with van der Waals surface area (Å²) in [6.07, 6.45) is 9.74. The van der Waals surface area contributed by atoms with Gasteiger partial charge in [-0.15, -0.1) is 0 Å². The van der Waals surface area contributed by atoms with Crippen LogP contribution in [0.2, 0.25) is 0 Å². The van der Waals surface area contributed by atoms with Crippen molar-refractivity contribution in [3.8, 4) is 0 Å². The van der Waals surface area contributed by atoms with Gasteiger partial charge in [0.15, 0.2) is 0 Å². The van der Waals surface area contributed by atoms with Gasteiger partial charge in [-0.3, -0.25) is 9.59 Å². The Morgan fingerprint density at radius 2 is 1.52 bits per heavy atom. The zero-order chi connectivity index (χ0) is 16.8. The van der Waals surface area contributed by atoms with Crippen molar-refractivity contribution in [3.05, 3.63) is 26.6 Å². The number of nitrogens with zero attached hydrogens (tertiary/aromatic N) is 1. The van der Waals surface area contributed by atoms with E-state index >= 15 is 0 Å². The minimum atomic E-state index is -0.401. The van der Waals surface area contributed by atoms with Crippen LogP contribution in [0.15, 0.2) is 21.1 Å². The first-order chi connectivity index (χ1) is 11.1. The van der Waals surface area contributed by atoms with E-state index < -0.39 is 11.7 Å². The number of benzene rings is 1. The SMILES string of the molecule is CCCCCCCCCCN1C(=O)C(=O)c2cc(Br)cc(Br)c21. The van der Waals surface area contributed by atoms with Crippen molar-refractivity contribution in [3.63, 3.8) is 0 Å². The van der Waals surface area contributed by atoms with E-state index in [2.05, 4.69) is 38.8 Å². The molecule has 0 unspecified atom stereocenters. The van der Waals surface area contributed by atoms with Gasteiger partial charge in [0, 0.05) is 15.5 Å². The summed E-state index contributed by atoms with van der Waals surface area (Å²) >= 11 is 6.85. The summed E-state index contributed by atoms with van der Waals surface area (Å²) in [6, 6.07) is 3.61. The van der Waals surface area contributed by atoms with E-state index in [1.54, 1.807) is 11.0 Å². The Morgan fingerprint density at radius 1 is 0.913 bits per heavy atom. The van der Waals surface area contributed by atoms with Crippen LogP contribution in [0.4, 0.5) is 5.69 Å². The first kappa shape index (κ1) is 18.7. The first-order valence-corrected chi connectivity index (χ1v) is 10.00. The number of halogens is 2. The maximum atomic E-state index is 12.2. The van der Waals surface area contributed by atoms with E-state index in [0.29, 0.717) is 12.1 Å². The Hall–Kier alpha value is -0.680. The number of carbonyl (C=O) groups is 2. The van der Waals surface area contributed by atoms with Crippen molar-refractivity contribution in [1.29, 1.82) is 0 Å². The summed E-state index contributed by atoms with van der Waals surface area (Å²) < 4.78 is 1.60. The van der Waals surface area contributed by atoms with Crippen molar-refractivity contribution in [2.24, 2.45) is 0 Å². The van der Waals surface area contributed by atoms with Crippen LogP contribution in [-0.2, 0) is 4.79 Å². The van der Waals surface area contributed by atoms with Gasteiger partial charge in [-0.25, -0.2) is 0 Å². The third-order valence-electron chi connectivity index (χ3n) is 4.22. The monoisotopic (exact) mass is 443 g/mol. The molecule has 0 bridgehead atoms. The molecule has 0 saturated heterocycles. The van der Waals surface area contributed by atoms with E-state index in [4.69, 9.17) is 0 Å². The van der Waals surface area contributed by atoms with Crippen molar-refractivity contribution < 1.29 is 9.59 Å². The number of rotatable bonds is 9. The van der Waals surface area contributed by atoms with Gasteiger partial charge in [0.2, 0.25) is 0 Å². The summed E-state index contributed by atoms with van der Waals surface area (Å²) in [5.41, 5.74) is 1.22. The number of hydrogen-bond donors (Lipinski definition) is 0. The molecule has 0 aromatic heterocycles. The molecule has 5 heteroatoms. The van der Waals surface area contributed by atoms with Crippen LogP contribution >= 0.6 is 31.9 Å². The van der Waals surface area contributed by atoms with Gasteiger partial charge < -0.3 is 4.90 Å². The molecule has 23 heavy (non-hydrogen) atoms. The topological polar surface area (TPSA) is 37.4 Å². The zero-order valence-electron chi connectivity index (χ0n) is 13.5. The second-order valence-electron chi connectivity index (χ2n) is 6.04. The second kappa shape index (κ2) is 8.97. The number of amides is 1. The predicted molar refractivity (Wildman–Crippen MR) is 101 cm³/mol. The minimum Gasteiger partial charge on any atom is -0.304 e. The molecule has 1 aromatic carbocycles. The van der Waals surface area contributed by atoms with Gasteiger partial charge in [0.05, 0.1) is 11.3 Å². The van der Waals surface area contributed by atoms with Crippen LogP contribution < -0.4 is 4.90 Å². The number of carbonyl (C=O) groups excluding carboxylic acids is 2. The maximum Gasteiger partial charge on any atom is 0.299 e. The molecule has 0 aliphatic carbocycles. The Kier molecular flexibility index (Phi) is 7.28. The van der Waals surface area contributed by atoms with Crippen molar-refractivity contribution >= 4 is 49.2 Å². The van der Waals surface area contributed by atoms with Crippen LogP contribution in [0, 0.1) is 0 Å². The standard InChI is InChI=1S/C18H23Br2NO2/c1-2-3-4-5-6-7-8-9-10-21-16-14(17(22)18(21)23)11-13(19)12-15(16)20/h11-12H,2-10H2,1H3. The lowest BCUT2D eigenvalue weighted by Crippen LogP contribution is -2.30. The molecule has 3 nitrogen and oxygen atoms in total. The van der Waals surface area contributed by atoms with Crippen molar-refractivity contribution in [1.82, 2.24) is 0 Å². The molecule has 0 N–H and O–H groups in total. The van der Waals surface area contributed by atoms with E-state index in [1.807, 2.05) is 6.07 Å². The summed E-state index contributed by atoms with van der Waals surface area (Å²) in [4.78, 5) is 25.9. The Balaban J connectivity index is 1.85. The largest absolute Gasteiger partial charge is 0.304 e. The Labute approximate surface area is 155 Å². The highest BCUT2D eigenvalue weighted by atomic mass is 79.9. The minimum absolute atomic E-state index is 0.401. The molecular formula is C18H23Br2NO2. The molecule has 126 valence electrons. The molecule has 1 amide bonds. The number of ketones is 1. The number of hydrogen-bond acceptors (Lipinski definition) is 2. The van der Waals surface area contributed by atoms with Crippen LogP contribution in [0.3, 0.4) is 0 Å². The number of unbranched alkanes of at least 4 members (excludes halogenated alkanes) is 7. The molecule has 0 radical (unpaired) electrons. The Morgan fingerprint density at radius 3 is 2.17 bits per heavy atom.